The summed E-state index contributed by atoms with van der Waals surface area (Å²) in [6.07, 6.45) is 0. The van der Waals surface area contributed by atoms with Crippen LogP contribution in [0.2, 0.25) is 0 Å². The first kappa shape index (κ1) is 28.3. The normalized spacial score (nSPS) is 11.2. The molecule has 14 heteroatoms. The molecule has 202 valence electrons. The van der Waals surface area contributed by atoms with E-state index in [-0.39, 0.29) is 23.0 Å². The summed E-state index contributed by atoms with van der Waals surface area (Å²) in [6, 6.07) is 17.0. The molecule has 12 nitrogen and oxygen atoms in total. The van der Waals surface area contributed by atoms with Gasteiger partial charge in [-0.3, -0.25) is 0 Å². The van der Waals surface area contributed by atoms with Crippen LogP contribution in [0.15, 0.2) is 72.8 Å². The Hall–Kier alpha value is -4.30. The smallest absolute Gasteiger partial charge is 0.323 e. The SMILES string of the molecule is CCS(=O)(=O)Oc1ccc(NC(=O)Nc2ccc(NC(=O)Nc3ccc(OS(=O)(=O)CC)cc3)cc2)cc1. The Kier molecular flexibility index (Phi) is 9.15. The van der Waals surface area contributed by atoms with Crippen molar-refractivity contribution >= 4 is 55.0 Å². The first-order valence-corrected chi connectivity index (χ1v) is 14.4. The second-order valence-corrected chi connectivity index (χ2v) is 11.4. The summed E-state index contributed by atoms with van der Waals surface area (Å²) in [6.45, 7) is 2.94. The van der Waals surface area contributed by atoms with Gasteiger partial charge >= 0.3 is 32.3 Å². The van der Waals surface area contributed by atoms with Crippen LogP contribution in [0.1, 0.15) is 13.8 Å². The number of anilines is 4. The molecular weight excluding hydrogens is 536 g/mol. The van der Waals surface area contributed by atoms with Crippen molar-refractivity contribution in [3.63, 3.8) is 0 Å². The van der Waals surface area contributed by atoms with E-state index in [9.17, 15) is 26.4 Å². The van der Waals surface area contributed by atoms with E-state index < -0.39 is 32.3 Å². The van der Waals surface area contributed by atoms with E-state index in [1.165, 1.54) is 62.4 Å². The number of hydrogen-bond acceptors (Lipinski definition) is 8. The zero-order valence-corrected chi connectivity index (χ0v) is 22.1. The molecule has 0 fully saturated rings. The van der Waals surface area contributed by atoms with Crippen molar-refractivity contribution in [1.82, 2.24) is 0 Å². The third-order valence-electron chi connectivity index (χ3n) is 4.78. The molecule has 4 N–H and O–H groups in total. The van der Waals surface area contributed by atoms with Gasteiger partial charge in [0.05, 0.1) is 11.5 Å². The van der Waals surface area contributed by atoms with E-state index in [2.05, 4.69) is 21.3 Å². The van der Waals surface area contributed by atoms with Crippen LogP contribution in [0.5, 0.6) is 11.5 Å². The highest BCUT2D eigenvalue weighted by molar-refractivity contribution is 7.87. The third-order valence-corrected chi connectivity index (χ3v) is 7.09. The number of hydrogen-bond donors (Lipinski definition) is 4. The van der Waals surface area contributed by atoms with Crippen LogP contribution >= 0.6 is 0 Å². The summed E-state index contributed by atoms with van der Waals surface area (Å²) in [5, 5.41) is 10.5. The van der Waals surface area contributed by atoms with Crippen molar-refractivity contribution in [1.29, 1.82) is 0 Å². The summed E-state index contributed by atoms with van der Waals surface area (Å²) in [7, 11) is -7.27. The molecule has 0 aromatic heterocycles. The Morgan fingerprint density at radius 1 is 0.526 bits per heavy atom. The zero-order chi connectivity index (χ0) is 27.8. The maximum absolute atomic E-state index is 12.3. The number of carbonyl (C=O) groups excluding carboxylic acids is 2. The quantitative estimate of drug-likeness (QED) is 0.263. The maximum Gasteiger partial charge on any atom is 0.323 e. The van der Waals surface area contributed by atoms with Gasteiger partial charge in [0.25, 0.3) is 0 Å². The highest BCUT2D eigenvalue weighted by atomic mass is 32.2. The van der Waals surface area contributed by atoms with Crippen molar-refractivity contribution in [2.75, 3.05) is 32.8 Å². The monoisotopic (exact) mass is 562 g/mol. The fourth-order valence-corrected chi connectivity index (χ4v) is 3.87. The molecule has 0 saturated carbocycles. The molecule has 0 spiro atoms. The Labute approximate surface area is 220 Å². The van der Waals surface area contributed by atoms with E-state index in [0.717, 1.165) is 0 Å². The minimum absolute atomic E-state index is 0.137. The van der Waals surface area contributed by atoms with Crippen molar-refractivity contribution in [2.24, 2.45) is 0 Å². The van der Waals surface area contributed by atoms with Gasteiger partial charge in [-0.05, 0) is 86.6 Å². The van der Waals surface area contributed by atoms with Gasteiger partial charge < -0.3 is 29.6 Å². The van der Waals surface area contributed by atoms with Gasteiger partial charge in [0.15, 0.2) is 0 Å². The Morgan fingerprint density at radius 2 is 0.763 bits per heavy atom. The van der Waals surface area contributed by atoms with E-state index >= 15 is 0 Å². The van der Waals surface area contributed by atoms with Crippen LogP contribution in [-0.2, 0) is 20.2 Å². The molecule has 0 aliphatic carbocycles. The predicted molar refractivity (Wildman–Crippen MR) is 145 cm³/mol. The molecular formula is C24H26N4O8S2. The van der Waals surface area contributed by atoms with Crippen LogP contribution in [0, 0.1) is 0 Å². The van der Waals surface area contributed by atoms with E-state index in [0.29, 0.717) is 22.7 Å². The van der Waals surface area contributed by atoms with Crippen LogP contribution in [0.25, 0.3) is 0 Å². The lowest BCUT2D eigenvalue weighted by Gasteiger charge is -2.11. The van der Waals surface area contributed by atoms with Gasteiger partial charge in [0, 0.05) is 22.7 Å². The van der Waals surface area contributed by atoms with Gasteiger partial charge in [0.1, 0.15) is 11.5 Å². The highest BCUT2D eigenvalue weighted by Gasteiger charge is 2.11. The summed E-state index contributed by atoms with van der Waals surface area (Å²) in [5.41, 5.74) is 1.76. The Balaban J connectivity index is 1.48. The molecule has 0 aliphatic rings. The molecule has 0 aliphatic heterocycles. The van der Waals surface area contributed by atoms with Gasteiger partial charge in [0.2, 0.25) is 0 Å². The van der Waals surface area contributed by atoms with Gasteiger partial charge in [-0.25, -0.2) is 9.59 Å². The number of carbonyl (C=O) groups is 2. The molecule has 0 saturated heterocycles. The second kappa shape index (κ2) is 12.3. The molecule has 0 bridgehead atoms. The van der Waals surface area contributed by atoms with Crippen LogP contribution in [0.4, 0.5) is 32.3 Å². The molecule has 0 heterocycles. The van der Waals surface area contributed by atoms with Crippen molar-refractivity contribution in [3.05, 3.63) is 72.8 Å². The fourth-order valence-electron chi connectivity index (χ4n) is 2.82. The average molecular weight is 563 g/mol. The summed E-state index contributed by atoms with van der Waals surface area (Å²) < 4.78 is 55.8. The second-order valence-electron chi connectivity index (χ2n) is 7.64. The van der Waals surface area contributed by atoms with Crippen molar-refractivity contribution in [3.8, 4) is 11.5 Å². The molecule has 3 rings (SSSR count). The molecule has 0 radical (unpaired) electrons. The van der Waals surface area contributed by atoms with E-state index in [1.54, 1.807) is 24.3 Å². The number of rotatable bonds is 10. The summed E-state index contributed by atoms with van der Waals surface area (Å²) >= 11 is 0. The molecule has 38 heavy (non-hydrogen) atoms. The lowest BCUT2D eigenvalue weighted by molar-refractivity contribution is 0.261. The fraction of sp³-hybridized carbons (Fsp3) is 0.167. The van der Waals surface area contributed by atoms with E-state index in [1.807, 2.05) is 0 Å². The molecule has 3 aromatic carbocycles. The minimum atomic E-state index is -3.64. The van der Waals surface area contributed by atoms with Gasteiger partial charge in [-0.15, -0.1) is 0 Å². The van der Waals surface area contributed by atoms with Crippen LogP contribution in [0.3, 0.4) is 0 Å². The van der Waals surface area contributed by atoms with Crippen molar-refractivity contribution in [2.45, 2.75) is 13.8 Å². The molecule has 4 amide bonds. The first-order valence-electron chi connectivity index (χ1n) is 11.3. The van der Waals surface area contributed by atoms with E-state index in [4.69, 9.17) is 8.37 Å². The number of urea groups is 2. The number of benzene rings is 3. The lowest BCUT2D eigenvalue weighted by atomic mass is 10.2. The largest absolute Gasteiger partial charge is 0.382 e. The molecule has 0 unspecified atom stereocenters. The standard InChI is InChI=1S/C24H26N4O8S2/c1-3-37(31,32)35-21-13-9-19(10-14-21)27-23(29)25-17-5-7-18(8-6-17)26-24(30)28-20-11-15-22(16-12-20)36-38(33,34)4-2/h5-16H,3-4H2,1-2H3,(H2,25,27,29)(H2,26,28,30). The Morgan fingerprint density at radius 3 is 1.00 bits per heavy atom. The van der Waals surface area contributed by atoms with Crippen LogP contribution < -0.4 is 29.6 Å². The number of nitrogens with one attached hydrogen (secondary N) is 4. The summed E-state index contributed by atoms with van der Waals surface area (Å²) in [4.78, 5) is 24.5. The maximum atomic E-state index is 12.3. The van der Waals surface area contributed by atoms with Gasteiger partial charge in [-0.1, -0.05) is 0 Å². The zero-order valence-electron chi connectivity index (χ0n) is 20.4. The first-order chi connectivity index (χ1) is 18.0. The minimum Gasteiger partial charge on any atom is -0.382 e. The van der Waals surface area contributed by atoms with Gasteiger partial charge in [-0.2, -0.15) is 16.8 Å². The lowest BCUT2D eigenvalue weighted by Crippen LogP contribution is -2.20. The Bertz CT molecular complexity index is 1360. The summed E-state index contributed by atoms with van der Waals surface area (Å²) in [5.74, 6) is -0.0445. The molecule has 0 atom stereocenters. The average Bonchev–Trinajstić information content (AvgIpc) is 2.87. The predicted octanol–water partition coefficient (Wildman–Crippen LogP) is 4.43. The third kappa shape index (κ3) is 8.97. The van der Waals surface area contributed by atoms with Crippen LogP contribution in [-0.4, -0.2) is 40.4 Å². The topological polar surface area (TPSA) is 169 Å². The highest BCUT2D eigenvalue weighted by Crippen LogP contribution is 2.20. The molecule has 3 aromatic rings. The number of amides is 4. The van der Waals surface area contributed by atoms with Crippen molar-refractivity contribution < 1.29 is 34.8 Å².